The van der Waals surface area contributed by atoms with Crippen LogP contribution in [0, 0.1) is 0 Å². The minimum atomic E-state index is -0.438. The molecular formula is C53H37NO. The van der Waals surface area contributed by atoms with E-state index in [2.05, 4.69) is 128 Å². The van der Waals surface area contributed by atoms with Crippen LogP contribution < -0.4 is 4.90 Å². The third-order valence-corrected chi connectivity index (χ3v) is 11.5. The van der Waals surface area contributed by atoms with Crippen LogP contribution in [0.4, 0.5) is 17.1 Å². The fourth-order valence-electron chi connectivity index (χ4n) is 8.94. The van der Waals surface area contributed by atoms with Crippen molar-refractivity contribution in [1.29, 1.82) is 0 Å². The lowest BCUT2D eigenvalue weighted by Crippen LogP contribution is -2.17. The summed E-state index contributed by atoms with van der Waals surface area (Å²) < 4.78 is 51.8. The van der Waals surface area contributed by atoms with Crippen molar-refractivity contribution in [2.45, 2.75) is 19.3 Å². The largest absolute Gasteiger partial charge is 0.453 e. The van der Waals surface area contributed by atoms with Gasteiger partial charge in [-0.1, -0.05) is 171 Å². The summed E-state index contributed by atoms with van der Waals surface area (Å²) in [6.45, 7) is 4.52. The average molecular weight is 709 g/mol. The van der Waals surface area contributed by atoms with Crippen molar-refractivity contribution in [1.82, 2.24) is 0 Å². The van der Waals surface area contributed by atoms with Crippen LogP contribution in [0.1, 0.15) is 31.8 Å². The van der Waals surface area contributed by atoms with Gasteiger partial charge in [-0.15, -0.1) is 0 Å². The first-order valence-corrected chi connectivity index (χ1v) is 18.7. The van der Waals surface area contributed by atoms with Crippen molar-refractivity contribution >= 4 is 60.5 Å². The maximum absolute atomic E-state index is 9.28. The zero-order chi connectivity index (χ0) is 41.0. The Kier molecular flexibility index (Phi) is 5.88. The van der Waals surface area contributed by atoms with Gasteiger partial charge in [0.25, 0.3) is 0 Å². The van der Waals surface area contributed by atoms with Gasteiger partial charge in [0, 0.05) is 38.5 Å². The van der Waals surface area contributed by atoms with Gasteiger partial charge in [-0.3, -0.25) is 0 Å². The van der Waals surface area contributed by atoms with Crippen molar-refractivity contribution < 1.29 is 11.3 Å². The Bertz CT molecular complexity index is 3380. The number of furan rings is 1. The highest BCUT2D eigenvalue weighted by molar-refractivity contribution is 6.31. The molecule has 0 amide bonds. The van der Waals surface area contributed by atoms with Crippen LogP contribution >= 0.6 is 0 Å². The molecule has 10 aromatic rings. The Morgan fingerprint density at radius 2 is 1.05 bits per heavy atom. The van der Waals surface area contributed by atoms with Gasteiger partial charge in [0.2, 0.25) is 0 Å². The number of benzene rings is 9. The molecule has 0 saturated carbocycles. The third-order valence-electron chi connectivity index (χ3n) is 11.5. The summed E-state index contributed by atoms with van der Waals surface area (Å²) in [6.07, 6.45) is 0. The maximum Gasteiger partial charge on any atom is 0.160 e. The second kappa shape index (κ2) is 12.1. The molecule has 55 heavy (non-hydrogen) atoms. The van der Waals surface area contributed by atoms with Crippen molar-refractivity contribution in [3.63, 3.8) is 0 Å². The van der Waals surface area contributed by atoms with E-state index >= 15 is 0 Å². The molecule has 1 aromatic heterocycles. The first-order chi connectivity index (χ1) is 29.1. The molecule has 260 valence electrons. The molecule has 1 aliphatic rings. The van der Waals surface area contributed by atoms with Crippen LogP contribution in [-0.4, -0.2) is 0 Å². The number of hydrogen-bond acceptors (Lipinski definition) is 2. The Labute approximate surface area is 327 Å². The van der Waals surface area contributed by atoms with E-state index in [9.17, 15) is 2.74 Å². The number of fused-ring (bicyclic) bond motifs is 11. The van der Waals surface area contributed by atoms with E-state index < -0.39 is 18.1 Å². The van der Waals surface area contributed by atoms with E-state index in [1.807, 2.05) is 48.5 Å². The lowest BCUT2D eigenvalue weighted by molar-refractivity contribution is 0.660. The number of hydrogen-bond donors (Lipinski definition) is 0. The normalized spacial score (nSPS) is 14.3. The number of anilines is 3. The van der Waals surface area contributed by atoms with Crippen LogP contribution in [0.15, 0.2) is 192 Å². The molecule has 1 aliphatic carbocycles. The van der Waals surface area contributed by atoms with Gasteiger partial charge in [-0.25, -0.2) is 0 Å². The van der Waals surface area contributed by atoms with Gasteiger partial charge >= 0.3 is 0 Å². The minimum absolute atomic E-state index is 0.105. The minimum Gasteiger partial charge on any atom is -0.453 e. The molecule has 11 rings (SSSR count). The predicted molar refractivity (Wildman–Crippen MR) is 232 cm³/mol. The van der Waals surface area contributed by atoms with Gasteiger partial charge in [-0.2, -0.15) is 0 Å². The van der Waals surface area contributed by atoms with E-state index in [0.29, 0.717) is 16.8 Å². The molecule has 0 bridgehead atoms. The Morgan fingerprint density at radius 1 is 0.455 bits per heavy atom. The van der Waals surface area contributed by atoms with Gasteiger partial charge < -0.3 is 9.32 Å². The fourth-order valence-corrected chi connectivity index (χ4v) is 8.94. The number of nitrogens with zero attached hydrogens (tertiary/aromatic N) is 1. The third kappa shape index (κ3) is 4.74. The highest BCUT2D eigenvalue weighted by atomic mass is 16.3. The fraction of sp³-hybridized carbons (Fsp3) is 0.0566. The molecule has 0 atom stereocenters. The molecular weight excluding hydrogens is 667 g/mol. The second-order valence-electron chi connectivity index (χ2n) is 14.9. The Morgan fingerprint density at radius 3 is 1.84 bits per heavy atom. The summed E-state index contributed by atoms with van der Waals surface area (Å²) in [7, 11) is 0. The van der Waals surface area contributed by atoms with Crippen LogP contribution in [0.2, 0.25) is 0 Å². The average Bonchev–Trinajstić information content (AvgIpc) is 3.79. The first-order valence-electron chi connectivity index (χ1n) is 21.2. The van der Waals surface area contributed by atoms with Crippen LogP contribution in [0.5, 0.6) is 0 Å². The molecule has 0 saturated heterocycles. The molecule has 9 aromatic carbocycles. The summed E-state index contributed by atoms with van der Waals surface area (Å²) >= 11 is 0. The van der Waals surface area contributed by atoms with E-state index in [4.69, 9.17) is 8.53 Å². The molecule has 2 heteroatoms. The second-order valence-corrected chi connectivity index (χ2v) is 14.9. The summed E-state index contributed by atoms with van der Waals surface area (Å²) in [5.41, 5.74) is 10.7. The summed E-state index contributed by atoms with van der Waals surface area (Å²) in [6, 6.07) is 52.5. The quantitative estimate of drug-likeness (QED) is 0.166. The van der Waals surface area contributed by atoms with Crippen LogP contribution in [0.3, 0.4) is 0 Å². The zero-order valence-electron chi connectivity index (χ0n) is 35.4. The maximum atomic E-state index is 9.28. The SMILES string of the molecule is [2H]c1c([2H])c([2H])c(-c2ccc3c(oc4c5ccccc5c5ccccc5c34)c2N(c2ccc(-c3ccccc3)cc2)c2ccc3c(c2)C(C)(C)c2ccccc2-3)c([2H])c1[2H]. The summed E-state index contributed by atoms with van der Waals surface area (Å²) in [4.78, 5) is 2.15. The van der Waals surface area contributed by atoms with Crippen molar-refractivity contribution in [2.24, 2.45) is 0 Å². The van der Waals surface area contributed by atoms with E-state index in [-0.39, 0.29) is 23.1 Å². The topological polar surface area (TPSA) is 16.4 Å². The van der Waals surface area contributed by atoms with Crippen LogP contribution in [0.25, 0.3) is 76.9 Å². The van der Waals surface area contributed by atoms with E-state index in [1.54, 1.807) is 0 Å². The Hall–Kier alpha value is -6.90. The van der Waals surface area contributed by atoms with Crippen LogP contribution in [-0.2, 0) is 5.41 Å². The molecule has 0 spiro atoms. The molecule has 0 fully saturated rings. The van der Waals surface area contributed by atoms with Crippen molar-refractivity contribution in [2.75, 3.05) is 4.90 Å². The lowest BCUT2D eigenvalue weighted by atomic mass is 9.82. The van der Waals surface area contributed by atoms with Gasteiger partial charge in [0.15, 0.2) is 5.58 Å². The standard InChI is InChI=1S/C53H37NO/c1-53(2)47-24-14-13-21-42(47)43-30-29-38(33-48(43)53)54(37-27-25-35(26-28-37)34-15-5-3-6-16-34)50-39(36-17-7-4-8-18-36)31-32-46-49-44-22-11-9-19-40(44)41-20-10-12-23-45(41)51(49)55-52(46)50/h3-33H,1-2H3/i4D,7D,8D,17D,18D. The predicted octanol–water partition coefficient (Wildman–Crippen LogP) is 15.0. The highest BCUT2D eigenvalue weighted by Crippen LogP contribution is 2.53. The first kappa shape index (κ1) is 26.8. The number of rotatable bonds is 5. The van der Waals surface area contributed by atoms with Crippen molar-refractivity contribution in [3.05, 3.63) is 199 Å². The molecule has 0 unspecified atom stereocenters. The van der Waals surface area contributed by atoms with Gasteiger partial charge in [0.05, 0.1) is 12.5 Å². The summed E-state index contributed by atoms with van der Waals surface area (Å²) in [5, 5.41) is 6.00. The summed E-state index contributed by atoms with van der Waals surface area (Å²) in [5.74, 6) is 0. The lowest BCUT2D eigenvalue weighted by Gasteiger charge is -2.30. The molecule has 0 aliphatic heterocycles. The van der Waals surface area contributed by atoms with E-state index in [1.165, 1.54) is 22.3 Å². The highest BCUT2D eigenvalue weighted by Gasteiger charge is 2.36. The Balaban J connectivity index is 1.29. The van der Waals surface area contributed by atoms with Crippen molar-refractivity contribution in [3.8, 4) is 33.4 Å². The van der Waals surface area contributed by atoms with Gasteiger partial charge in [0.1, 0.15) is 5.58 Å². The smallest absolute Gasteiger partial charge is 0.160 e. The molecule has 2 nitrogen and oxygen atoms in total. The molecule has 1 heterocycles. The molecule has 0 radical (unpaired) electrons. The zero-order valence-corrected chi connectivity index (χ0v) is 30.4. The van der Waals surface area contributed by atoms with E-state index in [0.717, 1.165) is 60.4 Å². The van der Waals surface area contributed by atoms with Gasteiger partial charge in [-0.05, 0) is 85.4 Å². The molecule has 0 N–H and O–H groups in total. The monoisotopic (exact) mass is 708 g/mol.